The average Bonchev–Trinajstić information content (AvgIpc) is 2.60. The lowest BCUT2D eigenvalue weighted by molar-refractivity contribution is 0.0537. The van der Waals surface area contributed by atoms with Crippen LogP contribution in [0.2, 0.25) is 0 Å². The van der Waals surface area contributed by atoms with Gasteiger partial charge in [-0.3, -0.25) is 10.6 Å². The zero-order valence-electron chi connectivity index (χ0n) is 13.4. The smallest absolute Gasteiger partial charge is 0.412 e. The summed E-state index contributed by atoms with van der Waals surface area (Å²) in [6.45, 7) is 1.83. The summed E-state index contributed by atoms with van der Waals surface area (Å²) in [6, 6.07) is 18.0. The molecular formula is C18H20N2O4. The molecular weight excluding hydrogens is 308 g/mol. The largest absolute Gasteiger partial charge is 0.445 e. The topological polar surface area (TPSA) is 76.7 Å². The van der Waals surface area contributed by atoms with Crippen LogP contribution in [0.15, 0.2) is 60.7 Å². The highest BCUT2D eigenvalue weighted by Gasteiger charge is 2.15. The van der Waals surface area contributed by atoms with Crippen molar-refractivity contribution in [2.75, 3.05) is 17.2 Å². The van der Waals surface area contributed by atoms with Gasteiger partial charge in [-0.05, 0) is 30.7 Å². The highest BCUT2D eigenvalue weighted by Crippen LogP contribution is 2.09. The van der Waals surface area contributed by atoms with E-state index in [1.54, 1.807) is 24.3 Å². The van der Waals surface area contributed by atoms with Gasteiger partial charge in [-0.2, -0.15) is 0 Å². The Morgan fingerprint density at radius 2 is 1.38 bits per heavy atom. The first kappa shape index (κ1) is 17.3. The summed E-state index contributed by atoms with van der Waals surface area (Å²) in [5, 5.41) is 5.21. The minimum atomic E-state index is -0.591. The van der Waals surface area contributed by atoms with Gasteiger partial charge in [0.25, 0.3) is 0 Å². The van der Waals surface area contributed by atoms with E-state index in [0.717, 1.165) is 0 Å². The summed E-state index contributed by atoms with van der Waals surface area (Å²) >= 11 is 0. The molecule has 0 unspecified atom stereocenters. The van der Waals surface area contributed by atoms with Gasteiger partial charge >= 0.3 is 12.2 Å². The van der Waals surface area contributed by atoms with Crippen LogP contribution in [-0.4, -0.2) is 24.9 Å². The number of hydrogen-bond donors (Lipinski definition) is 2. The molecule has 2 amide bonds. The lowest BCUT2D eigenvalue weighted by Crippen LogP contribution is -2.28. The van der Waals surface area contributed by atoms with E-state index < -0.39 is 18.3 Å². The predicted molar refractivity (Wildman–Crippen MR) is 92.0 cm³/mol. The summed E-state index contributed by atoms with van der Waals surface area (Å²) in [5.74, 6) is 0. The van der Waals surface area contributed by atoms with Crippen molar-refractivity contribution in [3.63, 3.8) is 0 Å². The van der Waals surface area contributed by atoms with Crippen molar-refractivity contribution in [3.8, 4) is 0 Å². The van der Waals surface area contributed by atoms with E-state index >= 15 is 0 Å². The minimum absolute atomic E-state index is 0.0165. The molecule has 0 spiro atoms. The molecule has 2 aromatic rings. The summed E-state index contributed by atoms with van der Waals surface area (Å²) in [7, 11) is 0. The van der Waals surface area contributed by atoms with Crippen LogP contribution in [0.1, 0.15) is 13.3 Å². The standard InChI is InChI=1S/C18H20N2O4/c1-2-16(24-18(22)20-15-11-7-4-8-12-15)13-23-17(21)19-14-9-5-3-6-10-14/h3-12,16H,2,13H2,1H3,(H,19,21)(H,20,22)/t16-/m0/s1. The van der Waals surface area contributed by atoms with E-state index in [1.165, 1.54) is 0 Å². The third kappa shape index (κ3) is 6.00. The first-order chi connectivity index (χ1) is 11.7. The van der Waals surface area contributed by atoms with Gasteiger partial charge in [0.1, 0.15) is 12.7 Å². The van der Waals surface area contributed by atoms with Crippen molar-refractivity contribution in [3.05, 3.63) is 60.7 Å². The number of rotatable bonds is 6. The molecule has 0 aliphatic heterocycles. The van der Waals surface area contributed by atoms with Crippen molar-refractivity contribution in [2.24, 2.45) is 0 Å². The van der Waals surface area contributed by atoms with Gasteiger partial charge in [0, 0.05) is 11.4 Å². The van der Waals surface area contributed by atoms with Gasteiger partial charge in [0.2, 0.25) is 0 Å². The Bertz CT molecular complexity index is 647. The van der Waals surface area contributed by atoms with Gasteiger partial charge in [0.05, 0.1) is 0 Å². The Kier molecular flexibility index (Phi) is 6.64. The predicted octanol–water partition coefficient (Wildman–Crippen LogP) is 4.26. The molecule has 126 valence electrons. The number of ether oxygens (including phenoxy) is 2. The quantitative estimate of drug-likeness (QED) is 0.830. The summed E-state index contributed by atoms with van der Waals surface area (Å²) < 4.78 is 10.3. The van der Waals surface area contributed by atoms with Gasteiger partial charge < -0.3 is 9.47 Å². The number of benzene rings is 2. The zero-order valence-corrected chi connectivity index (χ0v) is 13.4. The number of carbonyl (C=O) groups is 2. The van der Waals surface area contributed by atoms with Crippen molar-refractivity contribution in [1.29, 1.82) is 0 Å². The first-order valence-electron chi connectivity index (χ1n) is 7.69. The van der Waals surface area contributed by atoms with E-state index in [-0.39, 0.29) is 6.61 Å². The van der Waals surface area contributed by atoms with Crippen LogP contribution in [0, 0.1) is 0 Å². The molecule has 0 bridgehead atoms. The Labute approximate surface area is 140 Å². The average molecular weight is 328 g/mol. The van der Waals surface area contributed by atoms with Crippen LogP contribution in [-0.2, 0) is 9.47 Å². The zero-order chi connectivity index (χ0) is 17.2. The van der Waals surface area contributed by atoms with E-state index in [0.29, 0.717) is 17.8 Å². The highest BCUT2D eigenvalue weighted by atomic mass is 16.6. The van der Waals surface area contributed by atoms with Gasteiger partial charge in [0.15, 0.2) is 0 Å². The maximum absolute atomic E-state index is 11.8. The van der Waals surface area contributed by atoms with E-state index in [9.17, 15) is 9.59 Å². The Hall–Kier alpha value is -3.02. The minimum Gasteiger partial charge on any atom is -0.445 e. The van der Waals surface area contributed by atoms with Gasteiger partial charge in [-0.15, -0.1) is 0 Å². The first-order valence-corrected chi connectivity index (χ1v) is 7.69. The Morgan fingerprint density at radius 1 is 0.875 bits per heavy atom. The van der Waals surface area contributed by atoms with Crippen molar-refractivity contribution in [1.82, 2.24) is 0 Å². The number of carbonyl (C=O) groups excluding carboxylic acids is 2. The molecule has 6 nitrogen and oxygen atoms in total. The fraction of sp³-hybridized carbons (Fsp3) is 0.222. The van der Waals surface area contributed by atoms with Crippen LogP contribution in [0.4, 0.5) is 21.0 Å². The van der Waals surface area contributed by atoms with Crippen LogP contribution >= 0.6 is 0 Å². The Balaban J connectivity index is 1.75. The lowest BCUT2D eigenvalue weighted by atomic mass is 10.3. The molecule has 0 heterocycles. The van der Waals surface area contributed by atoms with E-state index in [4.69, 9.17) is 9.47 Å². The van der Waals surface area contributed by atoms with Crippen molar-refractivity contribution >= 4 is 23.6 Å². The molecule has 2 N–H and O–H groups in total. The maximum Gasteiger partial charge on any atom is 0.412 e. The monoisotopic (exact) mass is 328 g/mol. The van der Waals surface area contributed by atoms with Gasteiger partial charge in [-0.25, -0.2) is 9.59 Å². The molecule has 6 heteroatoms. The SMILES string of the molecule is CC[C@@H](COC(=O)Nc1ccccc1)OC(=O)Nc1ccccc1. The van der Waals surface area contributed by atoms with Crippen molar-refractivity contribution in [2.45, 2.75) is 19.4 Å². The molecule has 0 saturated carbocycles. The number of amides is 2. The molecule has 0 aliphatic rings. The molecule has 0 radical (unpaired) electrons. The fourth-order valence-electron chi connectivity index (χ4n) is 1.90. The molecule has 0 fully saturated rings. The number of nitrogens with one attached hydrogen (secondary N) is 2. The number of para-hydroxylation sites is 2. The summed E-state index contributed by atoms with van der Waals surface area (Å²) in [4.78, 5) is 23.5. The van der Waals surface area contributed by atoms with Crippen LogP contribution < -0.4 is 10.6 Å². The third-order valence-electron chi connectivity index (χ3n) is 3.17. The van der Waals surface area contributed by atoms with E-state index in [2.05, 4.69) is 10.6 Å². The molecule has 2 rings (SSSR count). The van der Waals surface area contributed by atoms with E-state index in [1.807, 2.05) is 43.3 Å². The second kappa shape index (κ2) is 9.19. The maximum atomic E-state index is 11.8. The molecule has 24 heavy (non-hydrogen) atoms. The number of hydrogen-bond acceptors (Lipinski definition) is 4. The van der Waals surface area contributed by atoms with Crippen molar-refractivity contribution < 1.29 is 19.1 Å². The molecule has 1 atom stereocenters. The lowest BCUT2D eigenvalue weighted by Gasteiger charge is -2.17. The summed E-state index contributed by atoms with van der Waals surface area (Å²) in [6.07, 6.45) is -1.16. The fourth-order valence-corrected chi connectivity index (χ4v) is 1.90. The van der Waals surface area contributed by atoms with Gasteiger partial charge in [-0.1, -0.05) is 43.3 Å². The van der Waals surface area contributed by atoms with Crippen LogP contribution in [0.5, 0.6) is 0 Å². The molecule has 2 aromatic carbocycles. The second-order valence-corrected chi connectivity index (χ2v) is 5.02. The molecule has 0 aliphatic carbocycles. The second-order valence-electron chi connectivity index (χ2n) is 5.02. The third-order valence-corrected chi connectivity index (χ3v) is 3.17. The number of anilines is 2. The molecule has 0 saturated heterocycles. The normalized spacial score (nSPS) is 11.2. The van der Waals surface area contributed by atoms with Crippen LogP contribution in [0.25, 0.3) is 0 Å². The van der Waals surface area contributed by atoms with Crippen LogP contribution in [0.3, 0.4) is 0 Å². The molecule has 0 aromatic heterocycles. The highest BCUT2D eigenvalue weighted by molar-refractivity contribution is 5.85. The summed E-state index contributed by atoms with van der Waals surface area (Å²) in [5.41, 5.74) is 1.28. The Morgan fingerprint density at radius 3 is 1.88 bits per heavy atom.